The van der Waals surface area contributed by atoms with Crippen molar-refractivity contribution in [2.75, 3.05) is 6.61 Å². The number of carbonyl (C=O) groups excluding carboxylic acids is 2. The van der Waals surface area contributed by atoms with Gasteiger partial charge < -0.3 is 15.4 Å². The number of amides is 2. The van der Waals surface area contributed by atoms with Crippen molar-refractivity contribution in [2.24, 2.45) is 5.73 Å². The van der Waals surface area contributed by atoms with E-state index in [2.05, 4.69) is 0 Å². The maximum Gasteiger partial charge on any atom is 0.250 e. The number of hydrogen-bond donors (Lipinski definition) is 1. The third-order valence-corrected chi connectivity index (χ3v) is 6.16. The number of ether oxygens (including phenoxy) is 1. The lowest BCUT2D eigenvalue weighted by atomic mass is 9.90. The predicted octanol–water partition coefficient (Wildman–Crippen LogP) is 5.51. The first-order valence-electron chi connectivity index (χ1n) is 9.83. The molecule has 0 saturated carbocycles. The van der Waals surface area contributed by atoms with Crippen LogP contribution in [0.25, 0.3) is 0 Å². The molecule has 0 radical (unpaired) electrons. The van der Waals surface area contributed by atoms with Gasteiger partial charge in [0.05, 0.1) is 6.04 Å². The molecular weight excluding hydrogens is 471 g/mol. The zero-order valence-electron chi connectivity index (χ0n) is 16.8. The summed E-state index contributed by atoms with van der Waals surface area (Å²) in [6, 6.07) is 19.3. The zero-order chi connectivity index (χ0) is 22.8. The first-order chi connectivity index (χ1) is 15.3. The Morgan fingerprint density at radius 2 is 1.31 bits per heavy atom. The largest absolute Gasteiger partial charge is 0.368 e. The molecule has 2 amide bonds. The lowest BCUT2D eigenvalue weighted by Gasteiger charge is -2.44. The second-order valence-corrected chi connectivity index (χ2v) is 8.75. The average molecular weight is 490 g/mol. The number of rotatable bonds is 5. The summed E-state index contributed by atoms with van der Waals surface area (Å²) in [7, 11) is 0. The molecule has 1 fully saturated rings. The highest BCUT2D eigenvalue weighted by molar-refractivity contribution is 6.31. The van der Waals surface area contributed by atoms with Crippen molar-refractivity contribution >= 4 is 46.6 Å². The number of halogens is 3. The third kappa shape index (κ3) is 4.62. The van der Waals surface area contributed by atoms with Crippen LogP contribution >= 0.6 is 34.8 Å². The van der Waals surface area contributed by atoms with Crippen molar-refractivity contribution in [3.63, 3.8) is 0 Å². The van der Waals surface area contributed by atoms with Crippen LogP contribution in [-0.4, -0.2) is 23.3 Å². The first kappa shape index (κ1) is 22.6. The highest BCUT2D eigenvalue weighted by Crippen LogP contribution is 2.44. The van der Waals surface area contributed by atoms with E-state index >= 15 is 0 Å². The molecule has 1 saturated heterocycles. The minimum atomic E-state index is -1.01. The molecule has 0 unspecified atom stereocenters. The smallest absolute Gasteiger partial charge is 0.250 e. The molecule has 1 heterocycles. The van der Waals surface area contributed by atoms with E-state index in [1.54, 1.807) is 48.5 Å². The molecular formula is C24H19Cl3N2O3. The molecule has 0 aliphatic carbocycles. The number of carbonyl (C=O) groups is 2. The van der Waals surface area contributed by atoms with Crippen LogP contribution in [0.3, 0.4) is 0 Å². The van der Waals surface area contributed by atoms with Gasteiger partial charge in [-0.25, -0.2) is 0 Å². The molecule has 3 atom stereocenters. The summed E-state index contributed by atoms with van der Waals surface area (Å²) in [6.45, 7) is -0.200. The Hall–Kier alpha value is -2.57. The summed E-state index contributed by atoms with van der Waals surface area (Å²) < 4.78 is 5.99. The number of benzene rings is 3. The van der Waals surface area contributed by atoms with Crippen LogP contribution in [0.5, 0.6) is 0 Å². The summed E-state index contributed by atoms with van der Waals surface area (Å²) in [4.78, 5) is 27.3. The summed E-state index contributed by atoms with van der Waals surface area (Å²) in [5.74, 6) is -1.01. The summed E-state index contributed by atoms with van der Waals surface area (Å²) in [5.41, 5.74) is 7.95. The Morgan fingerprint density at radius 1 is 0.844 bits per heavy atom. The molecule has 32 heavy (non-hydrogen) atoms. The SMILES string of the molecule is NC(=O)[C@H](c1ccc(Cl)cc1)N1C(=O)CO[C@@H](c2ccc(Cl)cc2)[C@H]1c1ccc(Cl)cc1. The van der Waals surface area contributed by atoms with Crippen LogP contribution in [0, 0.1) is 0 Å². The third-order valence-electron chi connectivity index (χ3n) is 5.40. The number of morpholine rings is 1. The van der Waals surface area contributed by atoms with Crippen molar-refractivity contribution in [3.8, 4) is 0 Å². The van der Waals surface area contributed by atoms with Crippen molar-refractivity contribution in [3.05, 3.63) is 105 Å². The van der Waals surface area contributed by atoms with Gasteiger partial charge in [-0.3, -0.25) is 9.59 Å². The normalized spacial score (nSPS) is 19.6. The van der Waals surface area contributed by atoms with Crippen molar-refractivity contribution in [1.29, 1.82) is 0 Å². The van der Waals surface area contributed by atoms with Crippen molar-refractivity contribution in [1.82, 2.24) is 4.90 Å². The second kappa shape index (κ2) is 9.51. The number of hydrogen-bond acceptors (Lipinski definition) is 3. The van der Waals surface area contributed by atoms with Gasteiger partial charge in [-0.2, -0.15) is 0 Å². The zero-order valence-corrected chi connectivity index (χ0v) is 19.0. The highest BCUT2D eigenvalue weighted by atomic mass is 35.5. The minimum absolute atomic E-state index is 0.200. The standard InChI is InChI=1S/C24H19Cl3N2O3/c25-17-7-1-14(2-8-17)21-23(16-5-11-19(27)12-6-16)32-13-20(30)29(21)22(24(28)31)15-3-9-18(26)10-4-15/h1-12,21-23H,13H2,(H2,28,31)/t21-,22+,23+/m1/s1. The van der Waals surface area contributed by atoms with E-state index in [0.717, 1.165) is 11.1 Å². The van der Waals surface area contributed by atoms with Crippen LogP contribution in [0.2, 0.25) is 15.1 Å². The fourth-order valence-electron chi connectivity index (χ4n) is 3.97. The molecule has 1 aliphatic heterocycles. The van der Waals surface area contributed by atoms with Gasteiger partial charge in [0, 0.05) is 15.1 Å². The predicted molar refractivity (Wildman–Crippen MR) is 125 cm³/mol. The second-order valence-electron chi connectivity index (χ2n) is 7.44. The van der Waals surface area contributed by atoms with Gasteiger partial charge in [0.25, 0.3) is 0 Å². The van der Waals surface area contributed by atoms with E-state index in [1.165, 1.54) is 4.90 Å². The van der Waals surface area contributed by atoms with Crippen LogP contribution in [-0.2, 0) is 14.3 Å². The van der Waals surface area contributed by atoms with Gasteiger partial charge >= 0.3 is 0 Å². The van der Waals surface area contributed by atoms with Gasteiger partial charge in [-0.15, -0.1) is 0 Å². The topological polar surface area (TPSA) is 72.6 Å². The van der Waals surface area contributed by atoms with E-state index in [0.29, 0.717) is 20.6 Å². The highest BCUT2D eigenvalue weighted by Gasteiger charge is 2.44. The number of primary amides is 1. The maximum absolute atomic E-state index is 13.2. The van der Waals surface area contributed by atoms with E-state index in [1.807, 2.05) is 24.3 Å². The Bertz CT molecular complexity index is 1120. The molecule has 2 N–H and O–H groups in total. The molecule has 8 heteroatoms. The van der Waals surface area contributed by atoms with E-state index < -0.39 is 24.1 Å². The van der Waals surface area contributed by atoms with Crippen LogP contribution < -0.4 is 5.73 Å². The molecule has 3 aromatic rings. The van der Waals surface area contributed by atoms with E-state index in [4.69, 9.17) is 45.3 Å². The lowest BCUT2D eigenvalue weighted by molar-refractivity contribution is -0.166. The maximum atomic E-state index is 13.2. The average Bonchev–Trinajstić information content (AvgIpc) is 2.77. The molecule has 3 aromatic carbocycles. The van der Waals surface area contributed by atoms with Crippen LogP contribution in [0.15, 0.2) is 72.8 Å². The molecule has 0 spiro atoms. The van der Waals surface area contributed by atoms with Gasteiger partial charge in [-0.1, -0.05) is 71.2 Å². The number of nitrogens with zero attached hydrogens (tertiary/aromatic N) is 1. The van der Waals surface area contributed by atoms with Crippen molar-refractivity contribution in [2.45, 2.75) is 18.2 Å². The molecule has 0 bridgehead atoms. The molecule has 1 aliphatic rings. The van der Waals surface area contributed by atoms with Gasteiger partial charge in [0.15, 0.2) is 0 Å². The summed E-state index contributed by atoms with van der Waals surface area (Å²) in [5, 5.41) is 1.64. The van der Waals surface area contributed by atoms with Crippen molar-refractivity contribution < 1.29 is 14.3 Å². The van der Waals surface area contributed by atoms with Crippen LogP contribution in [0.1, 0.15) is 34.9 Å². The monoisotopic (exact) mass is 488 g/mol. The van der Waals surface area contributed by atoms with E-state index in [9.17, 15) is 9.59 Å². The first-order valence-corrected chi connectivity index (χ1v) is 11.0. The number of nitrogens with two attached hydrogens (primary N) is 1. The van der Waals surface area contributed by atoms with Gasteiger partial charge in [-0.05, 0) is 53.1 Å². The molecule has 4 rings (SSSR count). The van der Waals surface area contributed by atoms with Gasteiger partial charge in [0.2, 0.25) is 11.8 Å². The Balaban J connectivity index is 1.86. The summed E-state index contributed by atoms with van der Waals surface area (Å²) >= 11 is 18.2. The molecule has 5 nitrogen and oxygen atoms in total. The van der Waals surface area contributed by atoms with Gasteiger partial charge in [0.1, 0.15) is 18.8 Å². The van der Waals surface area contributed by atoms with Crippen LogP contribution in [0.4, 0.5) is 0 Å². The molecule has 164 valence electrons. The summed E-state index contributed by atoms with van der Waals surface area (Å²) in [6.07, 6.45) is -0.555. The Kier molecular flexibility index (Phi) is 6.72. The fourth-order valence-corrected chi connectivity index (χ4v) is 4.34. The molecule has 0 aromatic heterocycles. The van der Waals surface area contributed by atoms with E-state index in [-0.39, 0.29) is 12.5 Å². The quantitative estimate of drug-likeness (QED) is 0.513. The Labute approximate surface area is 200 Å². The Morgan fingerprint density at radius 3 is 1.81 bits per heavy atom. The lowest BCUT2D eigenvalue weighted by Crippen LogP contribution is -2.50. The minimum Gasteiger partial charge on any atom is -0.368 e. The fraction of sp³-hybridized carbons (Fsp3) is 0.167.